The fraction of sp³-hybridized carbons (Fsp3) is 0.200. The van der Waals surface area contributed by atoms with E-state index in [-0.39, 0.29) is 12.8 Å². The van der Waals surface area contributed by atoms with Gasteiger partial charge < -0.3 is 5.11 Å². The SMILES string of the molecule is OC(Cc1cc(F)cc(F)c1)Cc1ccc(Br)cc1F. The van der Waals surface area contributed by atoms with Gasteiger partial charge >= 0.3 is 0 Å². The zero-order chi connectivity index (χ0) is 14.7. The van der Waals surface area contributed by atoms with E-state index in [0.29, 0.717) is 15.6 Å². The van der Waals surface area contributed by atoms with Gasteiger partial charge in [-0.05, 0) is 41.8 Å². The van der Waals surface area contributed by atoms with Crippen molar-refractivity contribution in [1.82, 2.24) is 0 Å². The normalized spacial score (nSPS) is 12.4. The lowest BCUT2D eigenvalue weighted by atomic mass is 10.0. The summed E-state index contributed by atoms with van der Waals surface area (Å²) in [6.45, 7) is 0. The second kappa shape index (κ2) is 6.41. The highest BCUT2D eigenvalue weighted by Gasteiger charge is 2.12. The van der Waals surface area contributed by atoms with E-state index in [4.69, 9.17) is 0 Å². The Labute approximate surface area is 123 Å². The third-order valence-corrected chi connectivity index (χ3v) is 3.36. The highest BCUT2D eigenvalue weighted by atomic mass is 79.9. The molecule has 0 fully saturated rings. The number of halogens is 4. The van der Waals surface area contributed by atoms with Crippen molar-refractivity contribution in [2.45, 2.75) is 18.9 Å². The average molecular weight is 345 g/mol. The molecule has 1 nitrogen and oxygen atoms in total. The van der Waals surface area contributed by atoms with Crippen molar-refractivity contribution in [3.8, 4) is 0 Å². The van der Waals surface area contributed by atoms with E-state index < -0.39 is 23.6 Å². The second-order valence-corrected chi connectivity index (χ2v) is 5.49. The van der Waals surface area contributed by atoms with Gasteiger partial charge in [0, 0.05) is 17.0 Å². The molecule has 0 bridgehead atoms. The van der Waals surface area contributed by atoms with Gasteiger partial charge in [-0.3, -0.25) is 0 Å². The Balaban J connectivity index is 2.06. The molecule has 1 N–H and O–H groups in total. The fourth-order valence-electron chi connectivity index (χ4n) is 2.01. The second-order valence-electron chi connectivity index (χ2n) is 4.58. The molecular weight excluding hydrogens is 333 g/mol. The van der Waals surface area contributed by atoms with Crippen LogP contribution in [-0.4, -0.2) is 11.2 Å². The molecule has 0 heterocycles. The van der Waals surface area contributed by atoms with Gasteiger partial charge in [0.1, 0.15) is 17.5 Å². The van der Waals surface area contributed by atoms with Crippen LogP contribution in [0.15, 0.2) is 40.9 Å². The Morgan fingerprint density at radius 2 is 1.60 bits per heavy atom. The van der Waals surface area contributed by atoms with Crippen LogP contribution in [0, 0.1) is 17.5 Å². The van der Waals surface area contributed by atoms with Crippen molar-refractivity contribution in [3.05, 3.63) is 69.4 Å². The van der Waals surface area contributed by atoms with Crippen molar-refractivity contribution >= 4 is 15.9 Å². The van der Waals surface area contributed by atoms with Gasteiger partial charge in [0.2, 0.25) is 0 Å². The maximum absolute atomic E-state index is 13.6. The van der Waals surface area contributed by atoms with Crippen LogP contribution in [0.5, 0.6) is 0 Å². The molecular formula is C15H12BrF3O. The third kappa shape index (κ3) is 4.08. The molecule has 0 saturated carbocycles. The Kier molecular flexibility index (Phi) is 4.83. The van der Waals surface area contributed by atoms with Crippen molar-refractivity contribution in [3.63, 3.8) is 0 Å². The van der Waals surface area contributed by atoms with Gasteiger partial charge in [0.25, 0.3) is 0 Å². The van der Waals surface area contributed by atoms with Gasteiger partial charge in [0.05, 0.1) is 6.10 Å². The predicted molar refractivity (Wildman–Crippen MR) is 73.9 cm³/mol. The number of rotatable bonds is 4. The molecule has 2 aromatic carbocycles. The minimum atomic E-state index is -0.910. The van der Waals surface area contributed by atoms with Crippen molar-refractivity contribution in [1.29, 1.82) is 0 Å². The lowest BCUT2D eigenvalue weighted by Gasteiger charge is -2.12. The number of aliphatic hydroxyl groups is 1. The molecule has 106 valence electrons. The summed E-state index contributed by atoms with van der Waals surface area (Å²) in [5, 5.41) is 9.91. The average Bonchev–Trinajstić information content (AvgIpc) is 2.31. The molecule has 5 heteroatoms. The molecule has 1 unspecified atom stereocenters. The van der Waals surface area contributed by atoms with Gasteiger partial charge in [-0.25, -0.2) is 13.2 Å². The Hall–Kier alpha value is -1.33. The van der Waals surface area contributed by atoms with Crippen LogP contribution in [0.2, 0.25) is 0 Å². The molecule has 2 aromatic rings. The van der Waals surface area contributed by atoms with E-state index in [1.807, 2.05) is 0 Å². The summed E-state index contributed by atoms with van der Waals surface area (Å²) in [7, 11) is 0. The zero-order valence-corrected chi connectivity index (χ0v) is 12.0. The molecule has 0 saturated heterocycles. The van der Waals surface area contributed by atoms with E-state index >= 15 is 0 Å². The van der Waals surface area contributed by atoms with Crippen LogP contribution < -0.4 is 0 Å². The van der Waals surface area contributed by atoms with E-state index in [1.54, 1.807) is 12.1 Å². The Bertz CT molecular complexity index is 596. The molecule has 0 aromatic heterocycles. The van der Waals surface area contributed by atoms with Crippen LogP contribution in [0.4, 0.5) is 13.2 Å². The first-order chi connectivity index (χ1) is 9.44. The highest BCUT2D eigenvalue weighted by molar-refractivity contribution is 9.10. The minimum Gasteiger partial charge on any atom is -0.392 e. The van der Waals surface area contributed by atoms with Crippen LogP contribution in [-0.2, 0) is 12.8 Å². The first-order valence-corrected chi connectivity index (χ1v) is 6.80. The standard InChI is InChI=1S/C15H12BrF3O/c16-11-2-1-10(15(19)7-11)6-14(20)5-9-3-12(17)8-13(18)4-9/h1-4,7-8,14,20H,5-6H2. The number of benzene rings is 2. The number of aliphatic hydroxyl groups excluding tert-OH is 1. The topological polar surface area (TPSA) is 20.2 Å². The lowest BCUT2D eigenvalue weighted by molar-refractivity contribution is 0.174. The van der Waals surface area contributed by atoms with Crippen LogP contribution in [0.25, 0.3) is 0 Å². The molecule has 0 radical (unpaired) electrons. The van der Waals surface area contributed by atoms with E-state index in [1.165, 1.54) is 6.07 Å². The maximum atomic E-state index is 13.6. The third-order valence-electron chi connectivity index (χ3n) is 2.86. The number of hydrogen-bond donors (Lipinski definition) is 1. The maximum Gasteiger partial charge on any atom is 0.127 e. The zero-order valence-electron chi connectivity index (χ0n) is 10.4. The number of hydrogen-bond acceptors (Lipinski definition) is 1. The van der Waals surface area contributed by atoms with E-state index in [2.05, 4.69) is 15.9 Å². The van der Waals surface area contributed by atoms with Crippen LogP contribution in [0.1, 0.15) is 11.1 Å². The summed E-state index contributed by atoms with van der Waals surface area (Å²) in [5.74, 6) is -1.81. The molecule has 20 heavy (non-hydrogen) atoms. The lowest BCUT2D eigenvalue weighted by Crippen LogP contribution is -2.15. The van der Waals surface area contributed by atoms with E-state index in [9.17, 15) is 18.3 Å². The summed E-state index contributed by atoms with van der Waals surface area (Å²) < 4.78 is 40.3. The molecule has 2 rings (SSSR count). The summed E-state index contributed by atoms with van der Waals surface area (Å²) in [6, 6.07) is 7.63. The summed E-state index contributed by atoms with van der Waals surface area (Å²) in [6.07, 6.45) is -0.770. The Morgan fingerprint density at radius 1 is 0.950 bits per heavy atom. The van der Waals surface area contributed by atoms with Gasteiger partial charge in [0.15, 0.2) is 0 Å². The highest BCUT2D eigenvalue weighted by Crippen LogP contribution is 2.18. The molecule has 1 atom stereocenters. The largest absolute Gasteiger partial charge is 0.392 e. The monoisotopic (exact) mass is 344 g/mol. The van der Waals surface area contributed by atoms with Crippen molar-refractivity contribution in [2.24, 2.45) is 0 Å². The molecule has 0 spiro atoms. The first-order valence-electron chi connectivity index (χ1n) is 6.01. The quantitative estimate of drug-likeness (QED) is 0.888. The van der Waals surface area contributed by atoms with Crippen LogP contribution >= 0.6 is 15.9 Å². The van der Waals surface area contributed by atoms with Gasteiger partial charge in [-0.15, -0.1) is 0 Å². The molecule has 0 aliphatic heterocycles. The summed E-state index contributed by atoms with van der Waals surface area (Å²) >= 11 is 3.15. The Morgan fingerprint density at radius 3 is 2.20 bits per heavy atom. The molecule has 0 aliphatic rings. The molecule has 0 aliphatic carbocycles. The predicted octanol–water partition coefficient (Wildman–Crippen LogP) is 4.01. The van der Waals surface area contributed by atoms with E-state index in [0.717, 1.165) is 18.2 Å². The van der Waals surface area contributed by atoms with Gasteiger partial charge in [-0.1, -0.05) is 22.0 Å². The molecule has 0 amide bonds. The smallest absolute Gasteiger partial charge is 0.127 e. The first kappa shape index (κ1) is 15.1. The summed E-state index contributed by atoms with van der Waals surface area (Å²) in [4.78, 5) is 0. The minimum absolute atomic E-state index is 0.0597. The van der Waals surface area contributed by atoms with Crippen LogP contribution in [0.3, 0.4) is 0 Å². The van der Waals surface area contributed by atoms with Crippen molar-refractivity contribution < 1.29 is 18.3 Å². The van der Waals surface area contributed by atoms with Crippen molar-refractivity contribution in [2.75, 3.05) is 0 Å². The summed E-state index contributed by atoms with van der Waals surface area (Å²) in [5.41, 5.74) is 0.699. The fourth-order valence-corrected chi connectivity index (χ4v) is 2.35. The van der Waals surface area contributed by atoms with Gasteiger partial charge in [-0.2, -0.15) is 0 Å².